The second kappa shape index (κ2) is 5.14. The van der Waals surface area contributed by atoms with Crippen molar-refractivity contribution in [3.63, 3.8) is 0 Å². The van der Waals surface area contributed by atoms with Crippen molar-refractivity contribution < 1.29 is 0 Å². The molecule has 2 heterocycles. The van der Waals surface area contributed by atoms with Gasteiger partial charge in [-0.1, -0.05) is 65.5 Å². The van der Waals surface area contributed by atoms with Gasteiger partial charge < -0.3 is 4.40 Å². The van der Waals surface area contributed by atoms with Crippen LogP contribution < -0.4 is 10.6 Å². The van der Waals surface area contributed by atoms with Gasteiger partial charge in [-0.15, -0.1) is 0 Å². The molecule has 98 valence electrons. The predicted octanol–water partition coefficient (Wildman–Crippen LogP) is 3.79. The van der Waals surface area contributed by atoms with E-state index >= 15 is 0 Å². The van der Waals surface area contributed by atoms with E-state index in [1.54, 1.807) is 6.08 Å². The van der Waals surface area contributed by atoms with Crippen LogP contribution in [0.4, 0.5) is 0 Å². The van der Waals surface area contributed by atoms with E-state index in [4.69, 9.17) is 0 Å². The number of allylic oxidation sites excluding steroid dienone is 1. The van der Waals surface area contributed by atoms with E-state index in [1.807, 2.05) is 18.2 Å². The van der Waals surface area contributed by atoms with Gasteiger partial charge in [-0.05, 0) is 23.6 Å². The molecule has 20 heavy (non-hydrogen) atoms. The lowest BCUT2D eigenvalue weighted by atomic mass is 10.2. The van der Waals surface area contributed by atoms with Crippen LogP contribution in [0.3, 0.4) is 0 Å². The van der Waals surface area contributed by atoms with E-state index in [2.05, 4.69) is 70.0 Å². The van der Waals surface area contributed by atoms with E-state index in [0.29, 0.717) is 0 Å². The Morgan fingerprint density at radius 1 is 1.05 bits per heavy atom. The van der Waals surface area contributed by atoms with Gasteiger partial charge in [0.25, 0.3) is 0 Å². The predicted molar refractivity (Wildman–Crippen MR) is 90.9 cm³/mol. The van der Waals surface area contributed by atoms with Crippen molar-refractivity contribution in [1.82, 2.24) is 4.40 Å². The molecule has 0 aliphatic carbocycles. The number of rotatable bonds is 1. The SMILES string of the molecule is C=CC=c1c(=C)n2cc1cc(Br)ccc1ccccc12. The summed E-state index contributed by atoms with van der Waals surface area (Å²) in [6, 6.07) is 14.6. The lowest BCUT2D eigenvalue weighted by molar-refractivity contribution is 1.17. The van der Waals surface area contributed by atoms with Gasteiger partial charge in [-0.25, -0.2) is 0 Å². The Hall–Kier alpha value is -2.06. The topological polar surface area (TPSA) is 4.41 Å². The van der Waals surface area contributed by atoms with Crippen LogP contribution in [-0.2, 0) is 0 Å². The average Bonchev–Trinajstić information content (AvgIpc) is 2.77. The number of nitrogens with zero attached hydrogens (tertiary/aromatic N) is 1. The third-order valence-electron chi connectivity index (χ3n) is 3.38. The van der Waals surface area contributed by atoms with Crippen molar-refractivity contribution in [2.45, 2.75) is 0 Å². The van der Waals surface area contributed by atoms with Crippen LogP contribution in [-0.4, -0.2) is 4.40 Å². The fourth-order valence-electron chi connectivity index (χ4n) is 2.44. The zero-order valence-corrected chi connectivity index (χ0v) is 12.6. The molecule has 0 unspecified atom stereocenters. The minimum atomic E-state index is 0.971. The third kappa shape index (κ3) is 2.12. The van der Waals surface area contributed by atoms with Gasteiger partial charge in [-0.2, -0.15) is 0 Å². The molecule has 0 fully saturated rings. The Labute approximate surface area is 126 Å². The summed E-state index contributed by atoms with van der Waals surface area (Å²) >= 11 is 3.59. The first-order valence-corrected chi connectivity index (χ1v) is 7.18. The van der Waals surface area contributed by atoms with E-state index in [9.17, 15) is 0 Å². The molecule has 3 rings (SSSR count). The summed E-state index contributed by atoms with van der Waals surface area (Å²) in [6.07, 6.45) is 5.91. The fourth-order valence-corrected chi connectivity index (χ4v) is 2.82. The molecule has 1 aromatic carbocycles. The van der Waals surface area contributed by atoms with Crippen molar-refractivity contribution in [2.75, 3.05) is 0 Å². The van der Waals surface area contributed by atoms with Gasteiger partial charge in [0.05, 0.1) is 5.52 Å². The van der Waals surface area contributed by atoms with Gasteiger partial charge in [0.15, 0.2) is 0 Å². The van der Waals surface area contributed by atoms with Gasteiger partial charge in [0.1, 0.15) is 0 Å². The first kappa shape index (κ1) is 12.9. The van der Waals surface area contributed by atoms with E-state index in [1.165, 1.54) is 0 Å². The quantitative estimate of drug-likeness (QED) is 0.641. The molecule has 2 aromatic heterocycles. The second-order valence-electron chi connectivity index (χ2n) is 4.64. The van der Waals surface area contributed by atoms with Crippen LogP contribution in [0.15, 0.2) is 65.8 Å². The fraction of sp³-hybridized carbons (Fsp3) is 0. The Balaban J connectivity index is 2.72. The summed E-state index contributed by atoms with van der Waals surface area (Å²) in [4.78, 5) is 0. The van der Waals surface area contributed by atoms with Crippen LogP contribution in [0.1, 0.15) is 0 Å². The summed E-state index contributed by atoms with van der Waals surface area (Å²) < 4.78 is 3.16. The lowest BCUT2D eigenvalue weighted by Gasteiger charge is -1.96. The van der Waals surface area contributed by atoms with Crippen LogP contribution in [0.5, 0.6) is 0 Å². The molecule has 0 radical (unpaired) electrons. The highest BCUT2D eigenvalue weighted by atomic mass is 79.9. The maximum Gasteiger partial charge on any atom is 0.0528 e. The molecule has 0 saturated heterocycles. The Morgan fingerprint density at radius 3 is 2.65 bits per heavy atom. The summed E-state index contributed by atoms with van der Waals surface area (Å²) in [6.45, 7) is 8.02. The minimum absolute atomic E-state index is 0.971. The van der Waals surface area contributed by atoms with Crippen molar-refractivity contribution in [3.8, 4) is 0 Å². The lowest BCUT2D eigenvalue weighted by Crippen LogP contribution is -2.23. The maximum absolute atomic E-state index is 4.22. The summed E-state index contributed by atoms with van der Waals surface area (Å²) in [5, 5.41) is 4.36. The average molecular weight is 324 g/mol. The number of hydrogen-bond acceptors (Lipinski definition) is 0. The van der Waals surface area contributed by atoms with Crippen molar-refractivity contribution in [1.29, 1.82) is 0 Å². The van der Waals surface area contributed by atoms with Gasteiger partial charge in [0.2, 0.25) is 0 Å². The van der Waals surface area contributed by atoms with Gasteiger partial charge >= 0.3 is 0 Å². The molecule has 0 amide bonds. The summed E-state index contributed by atoms with van der Waals surface area (Å²) in [5.74, 6) is 0. The third-order valence-corrected chi connectivity index (χ3v) is 3.87. The minimum Gasteiger partial charge on any atom is -0.316 e. The molecule has 0 aliphatic heterocycles. The highest BCUT2D eigenvalue weighted by Crippen LogP contribution is 2.14. The first-order valence-electron chi connectivity index (χ1n) is 6.38. The van der Waals surface area contributed by atoms with Crippen molar-refractivity contribution >= 4 is 44.9 Å². The number of halogens is 1. The van der Waals surface area contributed by atoms with Crippen LogP contribution in [0.25, 0.3) is 28.9 Å². The smallest absolute Gasteiger partial charge is 0.0528 e. The standard InChI is InChI=1S/C18H14BrN/c1-3-6-17-13(2)20-12-15(17)11-16(19)10-9-14-7-4-5-8-18(14)20/h3-12H,1-2H2. The molecular weight excluding hydrogens is 310 g/mol. The van der Waals surface area contributed by atoms with Crippen molar-refractivity contribution in [3.05, 3.63) is 76.4 Å². The highest BCUT2D eigenvalue weighted by Gasteiger charge is 1.99. The Morgan fingerprint density at radius 2 is 1.85 bits per heavy atom. The Kier molecular flexibility index (Phi) is 3.33. The number of hydrogen-bond donors (Lipinski definition) is 0. The highest BCUT2D eigenvalue weighted by molar-refractivity contribution is 9.10. The zero-order chi connectivity index (χ0) is 14.1. The molecule has 0 N–H and O–H groups in total. The number of para-hydroxylation sites is 1. The Bertz CT molecular complexity index is 949. The molecule has 0 atom stereocenters. The van der Waals surface area contributed by atoms with Crippen molar-refractivity contribution in [2.24, 2.45) is 0 Å². The van der Waals surface area contributed by atoms with E-state index < -0.39 is 0 Å². The first-order chi connectivity index (χ1) is 9.70. The summed E-state index contributed by atoms with van der Waals surface area (Å²) in [7, 11) is 0. The zero-order valence-electron chi connectivity index (χ0n) is 11.0. The molecular formula is C18H14BrN. The maximum atomic E-state index is 4.22. The van der Waals surface area contributed by atoms with Crippen LogP contribution in [0, 0.1) is 0 Å². The molecule has 1 nitrogen and oxygen atoms in total. The molecule has 2 heteroatoms. The second-order valence-corrected chi connectivity index (χ2v) is 5.55. The number of benzene rings is 1. The van der Waals surface area contributed by atoms with E-state index in [0.717, 1.165) is 31.3 Å². The van der Waals surface area contributed by atoms with Gasteiger partial charge in [0, 0.05) is 26.6 Å². The van der Waals surface area contributed by atoms with Gasteiger partial charge in [-0.3, -0.25) is 0 Å². The number of fused-ring (bicyclic) bond motifs is 4. The normalized spacial score (nSPS) is 11.9. The molecule has 0 spiro atoms. The summed E-state index contributed by atoms with van der Waals surface area (Å²) in [5.41, 5.74) is 1.13. The van der Waals surface area contributed by atoms with Crippen LogP contribution in [0.2, 0.25) is 0 Å². The monoisotopic (exact) mass is 323 g/mol. The largest absolute Gasteiger partial charge is 0.316 e. The van der Waals surface area contributed by atoms with Crippen LogP contribution >= 0.6 is 15.9 Å². The molecule has 0 saturated carbocycles. The van der Waals surface area contributed by atoms with E-state index in [-0.39, 0.29) is 0 Å². The molecule has 2 bridgehead atoms. The molecule has 3 aromatic rings. The molecule has 0 aliphatic rings. The number of aromatic nitrogens is 1.